The fraction of sp³-hybridized carbons (Fsp3) is 0.933. The van der Waals surface area contributed by atoms with Crippen LogP contribution in [0.15, 0.2) is 0 Å². The smallest absolute Gasteiger partial charge is 0.319 e. The van der Waals surface area contributed by atoms with E-state index in [2.05, 4.69) is 23.6 Å². The number of carbonyl (C=O) groups excluding carboxylic acids is 1. The molecule has 0 aliphatic carbocycles. The molecule has 104 valence electrons. The van der Waals surface area contributed by atoms with Crippen molar-refractivity contribution in [2.24, 2.45) is 11.8 Å². The van der Waals surface area contributed by atoms with Gasteiger partial charge in [0.1, 0.15) is 0 Å². The van der Waals surface area contributed by atoms with Gasteiger partial charge in [0, 0.05) is 26.2 Å². The van der Waals surface area contributed by atoms with Crippen LogP contribution < -0.4 is 0 Å². The molecule has 3 heteroatoms. The van der Waals surface area contributed by atoms with Crippen LogP contribution in [0.3, 0.4) is 0 Å². The minimum Gasteiger partial charge on any atom is -0.325 e. The standard InChI is InChI=1S/C15H28N2O/c1-3-13-5-9-16(10-6-13)15(18)17-11-7-14(4-2)8-12-17/h13-14H,3-12H2,1-2H3. The van der Waals surface area contributed by atoms with Gasteiger partial charge in [-0.2, -0.15) is 0 Å². The number of carbonyl (C=O) groups is 1. The average Bonchev–Trinajstić information content (AvgIpc) is 2.47. The molecular weight excluding hydrogens is 224 g/mol. The first kappa shape index (κ1) is 13.7. The lowest BCUT2D eigenvalue weighted by atomic mass is 9.93. The monoisotopic (exact) mass is 252 g/mol. The largest absolute Gasteiger partial charge is 0.325 e. The van der Waals surface area contributed by atoms with Crippen LogP contribution in [0.25, 0.3) is 0 Å². The molecule has 3 nitrogen and oxygen atoms in total. The SMILES string of the molecule is CCC1CCN(C(=O)N2CCC(CC)CC2)CC1. The van der Waals surface area contributed by atoms with Crippen molar-refractivity contribution in [1.29, 1.82) is 0 Å². The zero-order chi connectivity index (χ0) is 13.0. The van der Waals surface area contributed by atoms with E-state index in [1.165, 1.54) is 38.5 Å². The minimum absolute atomic E-state index is 0.305. The summed E-state index contributed by atoms with van der Waals surface area (Å²) in [5.41, 5.74) is 0. The molecule has 0 spiro atoms. The zero-order valence-corrected chi connectivity index (χ0v) is 12.0. The van der Waals surface area contributed by atoms with Gasteiger partial charge in [0.25, 0.3) is 0 Å². The topological polar surface area (TPSA) is 23.6 Å². The molecule has 0 N–H and O–H groups in total. The fourth-order valence-corrected chi connectivity index (χ4v) is 3.26. The molecule has 0 atom stereocenters. The summed E-state index contributed by atoms with van der Waals surface area (Å²) in [6.07, 6.45) is 7.34. The summed E-state index contributed by atoms with van der Waals surface area (Å²) in [7, 11) is 0. The first-order valence-corrected chi connectivity index (χ1v) is 7.78. The van der Waals surface area contributed by atoms with Crippen molar-refractivity contribution in [3.63, 3.8) is 0 Å². The zero-order valence-electron chi connectivity index (χ0n) is 12.0. The van der Waals surface area contributed by atoms with E-state index in [4.69, 9.17) is 0 Å². The van der Waals surface area contributed by atoms with Crippen LogP contribution >= 0.6 is 0 Å². The Balaban J connectivity index is 1.78. The van der Waals surface area contributed by atoms with E-state index in [1.807, 2.05) is 0 Å². The quantitative estimate of drug-likeness (QED) is 0.739. The highest BCUT2D eigenvalue weighted by Crippen LogP contribution is 2.24. The molecule has 2 saturated heterocycles. The van der Waals surface area contributed by atoms with Gasteiger partial charge in [-0.15, -0.1) is 0 Å². The van der Waals surface area contributed by atoms with Crippen molar-refractivity contribution >= 4 is 6.03 Å². The summed E-state index contributed by atoms with van der Waals surface area (Å²) in [6, 6.07) is 0.305. The Morgan fingerprint density at radius 2 is 1.17 bits per heavy atom. The molecule has 18 heavy (non-hydrogen) atoms. The van der Waals surface area contributed by atoms with Crippen molar-refractivity contribution in [3.05, 3.63) is 0 Å². The Bertz CT molecular complexity index is 238. The Labute approximate surface area is 112 Å². The van der Waals surface area contributed by atoms with E-state index in [9.17, 15) is 4.79 Å². The number of urea groups is 1. The third kappa shape index (κ3) is 3.18. The molecule has 2 amide bonds. The Morgan fingerprint density at radius 1 is 0.833 bits per heavy atom. The van der Waals surface area contributed by atoms with Crippen molar-refractivity contribution in [2.45, 2.75) is 52.4 Å². The number of piperidine rings is 2. The first-order valence-electron chi connectivity index (χ1n) is 7.78. The molecule has 2 aliphatic heterocycles. The summed E-state index contributed by atoms with van der Waals surface area (Å²) in [5.74, 6) is 1.69. The summed E-state index contributed by atoms with van der Waals surface area (Å²) < 4.78 is 0. The van der Waals surface area contributed by atoms with E-state index < -0.39 is 0 Å². The fourth-order valence-electron chi connectivity index (χ4n) is 3.26. The van der Waals surface area contributed by atoms with E-state index in [0.717, 1.165) is 38.0 Å². The van der Waals surface area contributed by atoms with Gasteiger partial charge in [0.2, 0.25) is 0 Å². The van der Waals surface area contributed by atoms with Gasteiger partial charge in [-0.1, -0.05) is 26.7 Å². The number of nitrogens with zero attached hydrogens (tertiary/aromatic N) is 2. The van der Waals surface area contributed by atoms with Gasteiger partial charge >= 0.3 is 6.03 Å². The number of likely N-dealkylation sites (tertiary alicyclic amines) is 2. The van der Waals surface area contributed by atoms with Crippen LogP contribution in [0.2, 0.25) is 0 Å². The van der Waals surface area contributed by atoms with Crippen molar-refractivity contribution in [3.8, 4) is 0 Å². The van der Waals surface area contributed by atoms with Gasteiger partial charge < -0.3 is 9.80 Å². The summed E-state index contributed by atoms with van der Waals surface area (Å²) >= 11 is 0. The van der Waals surface area contributed by atoms with Crippen LogP contribution in [0.5, 0.6) is 0 Å². The highest BCUT2D eigenvalue weighted by molar-refractivity contribution is 5.74. The molecule has 2 rings (SSSR count). The van der Waals surface area contributed by atoms with Crippen LogP contribution in [0.1, 0.15) is 52.4 Å². The average molecular weight is 252 g/mol. The van der Waals surface area contributed by atoms with Gasteiger partial charge in [0.05, 0.1) is 0 Å². The highest BCUT2D eigenvalue weighted by atomic mass is 16.2. The molecule has 2 fully saturated rings. The highest BCUT2D eigenvalue weighted by Gasteiger charge is 2.28. The maximum absolute atomic E-state index is 12.4. The van der Waals surface area contributed by atoms with E-state index in [0.29, 0.717) is 6.03 Å². The normalized spacial score (nSPS) is 23.4. The second-order valence-corrected chi connectivity index (χ2v) is 5.96. The summed E-state index contributed by atoms with van der Waals surface area (Å²) in [5, 5.41) is 0. The molecule has 0 saturated carbocycles. The number of hydrogen-bond acceptors (Lipinski definition) is 1. The van der Waals surface area contributed by atoms with Crippen molar-refractivity contribution in [1.82, 2.24) is 9.80 Å². The van der Waals surface area contributed by atoms with E-state index >= 15 is 0 Å². The van der Waals surface area contributed by atoms with Crippen LogP contribution in [0, 0.1) is 11.8 Å². The predicted octanol–water partition coefficient (Wildman–Crippen LogP) is 3.35. The third-order valence-corrected chi connectivity index (χ3v) is 4.92. The van der Waals surface area contributed by atoms with E-state index in [-0.39, 0.29) is 0 Å². The van der Waals surface area contributed by atoms with Crippen molar-refractivity contribution < 1.29 is 4.79 Å². The van der Waals surface area contributed by atoms with Gasteiger partial charge in [-0.05, 0) is 37.5 Å². The maximum atomic E-state index is 12.4. The molecule has 0 aromatic heterocycles. The lowest BCUT2D eigenvalue weighted by Crippen LogP contribution is -2.49. The van der Waals surface area contributed by atoms with Crippen LogP contribution in [-0.4, -0.2) is 42.0 Å². The molecule has 0 unspecified atom stereocenters. The summed E-state index contributed by atoms with van der Waals surface area (Å²) in [6.45, 7) is 8.43. The molecule has 0 radical (unpaired) electrons. The maximum Gasteiger partial charge on any atom is 0.319 e. The lowest BCUT2D eigenvalue weighted by Gasteiger charge is -2.38. The Morgan fingerprint density at radius 3 is 1.44 bits per heavy atom. The van der Waals surface area contributed by atoms with Crippen LogP contribution in [0.4, 0.5) is 4.79 Å². The molecule has 0 bridgehead atoms. The number of rotatable bonds is 2. The third-order valence-electron chi connectivity index (χ3n) is 4.92. The van der Waals surface area contributed by atoms with Gasteiger partial charge in [-0.3, -0.25) is 0 Å². The number of hydrogen-bond donors (Lipinski definition) is 0. The van der Waals surface area contributed by atoms with Gasteiger partial charge in [-0.25, -0.2) is 4.79 Å². The van der Waals surface area contributed by atoms with Gasteiger partial charge in [0.15, 0.2) is 0 Å². The lowest BCUT2D eigenvalue weighted by molar-refractivity contribution is 0.115. The summed E-state index contributed by atoms with van der Waals surface area (Å²) in [4.78, 5) is 16.6. The first-order chi connectivity index (χ1) is 8.74. The molecule has 0 aromatic rings. The van der Waals surface area contributed by atoms with E-state index in [1.54, 1.807) is 0 Å². The second-order valence-electron chi connectivity index (χ2n) is 5.96. The minimum atomic E-state index is 0.305. The van der Waals surface area contributed by atoms with Crippen molar-refractivity contribution in [2.75, 3.05) is 26.2 Å². The molecule has 0 aromatic carbocycles. The molecular formula is C15H28N2O. The molecule has 2 heterocycles. The Hall–Kier alpha value is -0.730. The number of amides is 2. The van der Waals surface area contributed by atoms with Crippen LogP contribution in [-0.2, 0) is 0 Å². The second kappa shape index (κ2) is 6.44. The Kier molecular flexibility index (Phi) is 4.90. The predicted molar refractivity (Wildman–Crippen MR) is 74.6 cm³/mol. The molecule has 2 aliphatic rings.